The van der Waals surface area contributed by atoms with Gasteiger partial charge in [-0.3, -0.25) is 14.5 Å². The molecule has 1 heterocycles. The van der Waals surface area contributed by atoms with Crippen LogP contribution in [0.3, 0.4) is 0 Å². The number of nitrogens with zero attached hydrogens (tertiary/aromatic N) is 1. The van der Waals surface area contributed by atoms with E-state index in [1.807, 2.05) is 6.92 Å². The molecule has 2 fully saturated rings. The van der Waals surface area contributed by atoms with Crippen molar-refractivity contribution < 1.29 is 23.5 Å². The Balaban J connectivity index is 2.12. The lowest BCUT2D eigenvalue weighted by Crippen LogP contribution is -2.43. The lowest BCUT2D eigenvalue weighted by molar-refractivity contribution is -0.149. The molecule has 0 spiro atoms. The molecule has 0 aromatic heterocycles. The van der Waals surface area contributed by atoms with Crippen molar-refractivity contribution >= 4 is 11.8 Å². The molecule has 0 bridgehead atoms. The average Bonchev–Trinajstić information content (AvgIpc) is 2.73. The Labute approximate surface area is 97.6 Å². The van der Waals surface area contributed by atoms with E-state index in [0.29, 0.717) is 23.7 Å². The number of likely N-dealkylation sites (tertiary alicyclic amines) is 1. The van der Waals surface area contributed by atoms with Crippen LogP contribution in [0.5, 0.6) is 0 Å². The number of carbonyl (C=O) groups is 2. The summed E-state index contributed by atoms with van der Waals surface area (Å²) >= 11 is 0. The van der Waals surface area contributed by atoms with Crippen LogP contribution in [0, 0.1) is 17.8 Å². The van der Waals surface area contributed by atoms with Crippen LogP contribution in [-0.2, 0) is 9.59 Å². The Kier molecular flexibility index (Phi) is 2.93. The smallest absolute Gasteiger partial charge is 0.288 e. The number of rotatable bonds is 3. The Morgan fingerprint density at radius 2 is 1.76 bits per heavy atom. The highest BCUT2D eigenvalue weighted by Crippen LogP contribution is 2.43. The van der Waals surface area contributed by atoms with Crippen molar-refractivity contribution in [1.82, 2.24) is 4.90 Å². The molecule has 1 saturated heterocycles. The van der Waals surface area contributed by atoms with Gasteiger partial charge in [-0.15, -0.1) is 0 Å². The Morgan fingerprint density at radius 1 is 1.29 bits per heavy atom. The summed E-state index contributed by atoms with van der Waals surface area (Å²) in [5, 5.41) is 8.47. The Hall–Kier alpha value is -1.04. The summed E-state index contributed by atoms with van der Waals surface area (Å²) in [6.07, 6.45) is 1.19. The molecule has 0 aromatic rings. The molecule has 2 aliphatic rings. The van der Waals surface area contributed by atoms with E-state index in [2.05, 4.69) is 0 Å². The monoisotopic (exact) mass is 247 g/mol. The van der Waals surface area contributed by atoms with E-state index < -0.39 is 42.7 Å². The molecule has 6 heteroatoms. The van der Waals surface area contributed by atoms with Gasteiger partial charge < -0.3 is 5.11 Å². The Morgan fingerprint density at radius 3 is 2.18 bits per heavy atom. The van der Waals surface area contributed by atoms with Gasteiger partial charge >= 0.3 is 0 Å². The van der Waals surface area contributed by atoms with Gasteiger partial charge in [0.15, 0.2) is 0 Å². The minimum Gasteiger partial charge on any atom is -0.390 e. The maximum Gasteiger partial charge on any atom is 0.288 e. The number of amides is 2. The van der Waals surface area contributed by atoms with Gasteiger partial charge in [-0.1, -0.05) is 6.92 Å². The second-order valence-electron chi connectivity index (χ2n) is 5.07. The normalized spacial score (nSPS) is 33.4. The van der Waals surface area contributed by atoms with Crippen LogP contribution in [0.2, 0.25) is 0 Å². The molecule has 2 rings (SSSR count). The summed E-state index contributed by atoms with van der Waals surface area (Å²) in [7, 11) is 0. The predicted octanol–water partition coefficient (Wildman–Crippen LogP) is 0.645. The maximum atomic E-state index is 13.0. The highest BCUT2D eigenvalue weighted by atomic mass is 19.3. The van der Waals surface area contributed by atoms with Crippen molar-refractivity contribution in [3.63, 3.8) is 0 Å². The summed E-state index contributed by atoms with van der Waals surface area (Å²) in [6, 6.07) is 0. The van der Waals surface area contributed by atoms with Crippen LogP contribution < -0.4 is 0 Å². The number of halogens is 2. The van der Waals surface area contributed by atoms with Crippen LogP contribution in [-0.4, -0.2) is 40.9 Å². The number of carbonyl (C=O) groups excluding carboxylic acids is 2. The van der Waals surface area contributed by atoms with Gasteiger partial charge in [-0.25, -0.2) is 8.78 Å². The fourth-order valence-electron chi connectivity index (χ4n) is 2.78. The summed E-state index contributed by atoms with van der Waals surface area (Å²) in [5.74, 6) is -4.97. The molecule has 1 saturated carbocycles. The first-order valence-corrected chi connectivity index (χ1v) is 5.69. The standard InChI is InChI=1S/C11H15F2NO3/c1-6-2-7-8(3-6)10(17)14(9(7)16)4-11(12,13)5-15/h6-8,15H,2-5H2,1H3. The second-order valence-corrected chi connectivity index (χ2v) is 5.07. The van der Waals surface area contributed by atoms with Gasteiger partial charge in [-0.2, -0.15) is 0 Å². The van der Waals surface area contributed by atoms with Gasteiger partial charge in [-0.05, 0) is 18.8 Å². The van der Waals surface area contributed by atoms with E-state index in [9.17, 15) is 18.4 Å². The molecule has 1 aliphatic carbocycles. The highest BCUT2D eigenvalue weighted by Gasteiger charge is 2.53. The van der Waals surface area contributed by atoms with Crippen LogP contribution in [0.25, 0.3) is 0 Å². The van der Waals surface area contributed by atoms with Crippen molar-refractivity contribution in [3.05, 3.63) is 0 Å². The van der Waals surface area contributed by atoms with Gasteiger partial charge in [0.25, 0.3) is 5.92 Å². The van der Waals surface area contributed by atoms with E-state index in [1.165, 1.54) is 0 Å². The van der Waals surface area contributed by atoms with Crippen LogP contribution in [0.1, 0.15) is 19.8 Å². The first kappa shape index (κ1) is 12.4. The molecule has 2 atom stereocenters. The third-order valence-corrected chi connectivity index (χ3v) is 3.59. The number of hydrogen-bond donors (Lipinski definition) is 1. The fourth-order valence-corrected chi connectivity index (χ4v) is 2.78. The van der Waals surface area contributed by atoms with E-state index in [4.69, 9.17) is 5.11 Å². The zero-order valence-electron chi connectivity index (χ0n) is 9.53. The molecule has 1 N–H and O–H groups in total. The molecule has 0 aromatic carbocycles. The van der Waals surface area contributed by atoms with E-state index in [0.717, 1.165) is 0 Å². The fraction of sp³-hybridized carbons (Fsp3) is 0.818. The minimum atomic E-state index is -3.41. The van der Waals surface area contributed by atoms with Crippen molar-refractivity contribution in [3.8, 4) is 0 Å². The van der Waals surface area contributed by atoms with Crippen molar-refractivity contribution in [2.45, 2.75) is 25.7 Å². The molecule has 0 radical (unpaired) electrons. The van der Waals surface area contributed by atoms with Gasteiger partial charge in [0, 0.05) is 0 Å². The third-order valence-electron chi connectivity index (χ3n) is 3.59. The summed E-state index contributed by atoms with van der Waals surface area (Å²) in [5.41, 5.74) is 0. The minimum absolute atomic E-state index is 0.290. The van der Waals surface area contributed by atoms with E-state index in [1.54, 1.807) is 0 Å². The zero-order chi connectivity index (χ0) is 12.8. The number of aliphatic hydroxyl groups is 1. The van der Waals surface area contributed by atoms with Crippen LogP contribution in [0.15, 0.2) is 0 Å². The quantitative estimate of drug-likeness (QED) is 0.745. The van der Waals surface area contributed by atoms with Gasteiger partial charge in [0.05, 0.1) is 18.4 Å². The SMILES string of the molecule is CC1CC2C(=O)N(CC(F)(F)CO)C(=O)C2C1. The molecule has 2 unspecified atom stereocenters. The maximum absolute atomic E-state index is 13.0. The van der Waals surface area contributed by atoms with Crippen molar-refractivity contribution in [1.29, 1.82) is 0 Å². The second kappa shape index (κ2) is 4.01. The van der Waals surface area contributed by atoms with E-state index >= 15 is 0 Å². The third kappa shape index (κ3) is 2.06. The topological polar surface area (TPSA) is 57.6 Å². The number of imide groups is 1. The van der Waals surface area contributed by atoms with Crippen molar-refractivity contribution in [2.75, 3.05) is 13.2 Å². The van der Waals surface area contributed by atoms with Crippen LogP contribution >= 0.6 is 0 Å². The number of alkyl halides is 2. The zero-order valence-corrected chi connectivity index (χ0v) is 9.53. The molecule has 4 nitrogen and oxygen atoms in total. The molecular weight excluding hydrogens is 232 g/mol. The lowest BCUT2D eigenvalue weighted by Gasteiger charge is -2.21. The predicted molar refractivity (Wildman–Crippen MR) is 54.1 cm³/mol. The van der Waals surface area contributed by atoms with E-state index in [-0.39, 0.29) is 0 Å². The van der Waals surface area contributed by atoms with Crippen LogP contribution in [0.4, 0.5) is 8.78 Å². The molecule has 17 heavy (non-hydrogen) atoms. The average molecular weight is 247 g/mol. The van der Waals surface area contributed by atoms with Crippen molar-refractivity contribution in [2.24, 2.45) is 17.8 Å². The summed E-state index contributed by atoms with van der Waals surface area (Å²) < 4.78 is 26.0. The number of fused-ring (bicyclic) bond motifs is 1. The largest absolute Gasteiger partial charge is 0.390 e. The summed E-state index contributed by atoms with van der Waals surface area (Å²) in [4.78, 5) is 24.3. The number of aliphatic hydroxyl groups excluding tert-OH is 1. The van der Waals surface area contributed by atoms with Gasteiger partial charge in [0.1, 0.15) is 6.61 Å². The number of hydrogen-bond acceptors (Lipinski definition) is 3. The molecule has 1 aliphatic heterocycles. The van der Waals surface area contributed by atoms with Gasteiger partial charge in [0.2, 0.25) is 11.8 Å². The summed E-state index contributed by atoms with van der Waals surface area (Å²) in [6.45, 7) is -0.399. The molecule has 2 amide bonds. The first-order valence-electron chi connectivity index (χ1n) is 5.69. The first-order chi connectivity index (χ1) is 7.85. The molecular formula is C11H15F2NO3. The Bertz CT molecular complexity index is 335. The highest BCUT2D eigenvalue weighted by molar-refractivity contribution is 6.05. The molecule has 96 valence electrons. The lowest BCUT2D eigenvalue weighted by atomic mass is 10.00.